The first-order chi connectivity index (χ1) is 11.6. The van der Waals surface area contributed by atoms with E-state index >= 15 is 0 Å². The maximum Gasteiger partial charge on any atom is 0.253 e. The molecule has 0 heterocycles. The Labute approximate surface area is 166 Å². The second kappa shape index (κ2) is 10.7. The second-order valence-electron chi connectivity index (χ2n) is 5.66. The molecule has 25 heavy (non-hydrogen) atoms. The van der Waals surface area contributed by atoms with Gasteiger partial charge in [-0.2, -0.15) is 0 Å². The van der Waals surface area contributed by atoms with Gasteiger partial charge in [0.1, 0.15) is 0 Å². The minimum absolute atomic E-state index is 0. The Morgan fingerprint density at radius 1 is 0.920 bits per heavy atom. The van der Waals surface area contributed by atoms with Gasteiger partial charge in [-0.3, -0.25) is 9.79 Å². The van der Waals surface area contributed by atoms with Gasteiger partial charge in [0.25, 0.3) is 5.91 Å². The summed E-state index contributed by atoms with van der Waals surface area (Å²) in [5.41, 5.74) is 2.98. The zero-order chi connectivity index (χ0) is 17.4. The van der Waals surface area contributed by atoms with Gasteiger partial charge in [0.2, 0.25) is 0 Å². The summed E-state index contributed by atoms with van der Waals surface area (Å²) in [6.07, 6.45) is 0. The molecule has 1 amide bonds. The van der Waals surface area contributed by atoms with Crippen molar-refractivity contribution in [2.24, 2.45) is 4.99 Å². The number of aliphatic imine (C=N–C) groups is 1. The van der Waals surface area contributed by atoms with Crippen molar-refractivity contribution in [3.05, 3.63) is 71.3 Å². The number of nitrogens with one attached hydrogen (secondary N) is 2. The zero-order valence-corrected chi connectivity index (χ0v) is 17.2. The van der Waals surface area contributed by atoms with E-state index in [-0.39, 0.29) is 29.9 Å². The van der Waals surface area contributed by atoms with E-state index in [1.54, 1.807) is 26.0 Å². The topological polar surface area (TPSA) is 56.7 Å². The van der Waals surface area contributed by atoms with Crippen LogP contribution >= 0.6 is 24.0 Å². The van der Waals surface area contributed by atoms with Gasteiger partial charge in [-0.25, -0.2) is 0 Å². The quantitative estimate of drug-likeness (QED) is 0.417. The monoisotopic (exact) mass is 452 g/mol. The molecular weight excluding hydrogens is 427 g/mol. The highest BCUT2D eigenvalue weighted by Crippen LogP contribution is 2.06. The molecule has 2 aromatic carbocycles. The Bertz CT molecular complexity index is 684. The van der Waals surface area contributed by atoms with E-state index in [1.807, 2.05) is 42.5 Å². The smallest absolute Gasteiger partial charge is 0.253 e. The molecule has 0 aliphatic heterocycles. The molecule has 0 aromatic heterocycles. The molecule has 0 aliphatic rings. The molecule has 2 rings (SSSR count). The van der Waals surface area contributed by atoms with Crippen LogP contribution in [0.15, 0.2) is 59.6 Å². The molecule has 0 aliphatic carbocycles. The summed E-state index contributed by atoms with van der Waals surface area (Å²) >= 11 is 0. The highest BCUT2D eigenvalue weighted by molar-refractivity contribution is 14.0. The van der Waals surface area contributed by atoms with E-state index in [1.165, 1.54) is 5.56 Å². The lowest BCUT2D eigenvalue weighted by atomic mass is 10.1. The SMILES string of the molecule is CN=C(NCc1ccccc1)NCc1ccc(C(=O)N(C)C)cc1.I. The standard InChI is InChI=1S/C19H24N4O.HI/c1-20-19(21-13-15-7-5-4-6-8-15)22-14-16-9-11-17(12-10-16)18(24)23(2)3;/h4-12H,13-14H2,1-3H3,(H2,20,21,22);1H. The summed E-state index contributed by atoms with van der Waals surface area (Å²) in [7, 11) is 5.25. The molecule has 2 N–H and O–H groups in total. The molecule has 0 atom stereocenters. The van der Waals surface area contributed by atoms with E-state index in [2.05, 4.69) is 27.8 Å². The van der Waals surface area contributed by atoms with E-state index in [0.29, 0.717) is 12.1 Å². The Kier molecular flexibility index (Phi) is 8.98. The number of amides is 1. The minimum atomic E-state index is 0. The maximum absolute atomic E-state index is 11.9. The highest BCUT2D eigenvalue weighted by Gasteiger charge is 2.07. The molecule has 2 aromatic rings. The number of hydrogen-bond donors (Lipinski definition) is 2. The third-order valence-corrected chi connectivity index (χ3v) is 3.59. The number of benzene rings is 2. The van der Waals surface area contributed by atoms with E-state index in [0.717, 1.165) is 18.1 Å². The van der Waals surface area contributed by atoms with Crippen LogP contribution in [0.5, 0.6) is 0 Å². The largest absolute Gasteiger partial charge is 0.352 e. The lowest BCUT2D eigenvalue weighted by Gasteiger charge is -2.13. The average Bonchev–Trinajstić information content (AvgIpc) is 2.62. The van der Waals surface area contributed by atoms with Crippen molar-refractivity contribution in [1.29, 1.82) is 0 Å². The highest BCUT2D eigenvalue weighted by atomic mass is 127. The van der Waals surface area contributed by atoms with E-state index < -0.39 is 0 Å². The Morgan fingerprint density at radius 2 is 1.44 bits per heavy atom. The summed E-state index contributed by atoms with van der Waals surface area (Å²) in [6.45, 7) is 1.36. The van der Waals surface area contributed by atoms with Gasteiger partial charge in [-0.05, 0) is 23.3 Å². The van der Waals surface area contributed by atoms with Crippen molar-refractivity contribution < 1.29 is 4.79 Å². The molecule has 0 spiro atoms. The third-order valence-electron chi connectivity index (χ3n) is 3.59. The fourth-order valence-corrected chi connectivity index (χ4v) is 2.21. The molecule has 134 valence electrons. The number of carbonyl (C=O) groups excluding carboxylic acids is 1. The van der Waals surface area contributed by atoms with Crippen LogP contribution in [0.25, 0.3) is 0 Å². The number of halogens is 1. The van der Waals surface area contributed by atoms with Crippen LogP contribution in [0, 0.1) is 0 Å². The number of guanidine groups is 1. The van der Waals surface area contributed by atoms with Crippen LogP contribution in [0.1, 0.15) is 21.5 Å². The lowest BCUT2D eigenvalue weighted by molar-refractivity contribution is 0.0827. The first kappa shape index (κ1) is 21.0. The molecule has 5 nitrogen and oxygen atoms in total. The molecule has 0 unspecified atom stereocenters. The van der Waals surface area contributed by atoms with Gasteiger partial charge < -0.3 is 15.5 Å². The van der Waals surface area contributed by atoms with Crippen molar-refractivity contribution in [2.45, 2.75) is 13.1 Å². The van der Waals surface area contributed by atoms with Crippen molar-refractivity contribution in [3.63, 3.8) is 0 Å². The average molecular weight is 452 g/mol. The van der Waals surface area contributed by atoms with Gasteiger partial charge in [0, 0.05) is 39.8 Å². The van der Waals surface area contributed by atoms with Gasteiger partial charge in [-0.15, -0.1) is 24.0 Å². The van der Waals surface area contributed by atoms with Crippen molar-refractivity contribution in [3.8, 4) is 0 Å². The Balaban J connectivity index is 0.00000312. The number of carbonyl (C=O) groups is 1. The van der Waals surface area contributed by atoms with Crippen molar-refractivity contribution in [2.75, 3.05) is 21.1 Å². The van der Waals surface area contributed by atoms with Gasteiger partial charge >= 0.3 is 0 Å². The predicted molar refractivity (Wildman–Crippen MR) is 113 cm³/mol. The van der Waals surface area contributed by atoms with Crippen LogP contribution in [0.3, 0.4) is 0 Å². The normalized spacial score (nSPS) is 10.6. The molecule has 0 radical (unpaired) electrons. The van der Waals surface area contributed by atoms with Crippen LogP contribution in [0.4, 0.5) is 0 Å². The summed E-state index contributed by atoms with van der Waals surface area (Å²) in [4.78, 5) is 17.7. The Morgan fingerprint density at radius 3 is 1.92 bits per heavy atom. The van der Waals surface area contributed by atoms with E-state index in [9.17, 15) is 4.79 Å². The zero-order valence-electron chi connectivity index (χ0n) is 14.8. The fourth-order valence-electron chi connectivity index (χ4n) is 2.21. The van der Waals surface area contributed by atoms with Gasteiger partial charge in [0.05, 0.1) is 0 Å². The summed E-state index contributed by atoms with van der Waals surface area (Å²) in [6, 6.07) is 17.8. The first-order valence-electron chi connectivity index (χ1n) is 7.89. The fraction of sp³-hybridized carbons (Fsp3) is 0.263. The third kappa shape index (κ3) is 6.74. The summed E-state index contributed by atoms with van der Waals surface area (Å²) in [5, 5.41) is 6.55. The van der Waals surface area contributed by atoms with Gasteiger partial charge in [-0.1, -0.05) is 42.5 Å². The van der Waals surface area contributed by atoms with Crippen molar-refractivity contribution >= 4 is 35.8 Å². The number of rotatable bonds is 5. The van der Waals surface area contributed by atoms with Crippen LogP contribution in [0.2, 0.25) is 0 Å². The number of nitrogens with zero attached hydrogens (tertiary/aromatic N) is 2. The van der Waals surface area contributed by atoms with Crippen LogP contribution in [-0.2, 0) is 13.1 Å². The molecule has 0 saturated heterocycles. The second-order valence-corrected chi connectivity index (χ2v) is 5.66. The molecule has 0 fully saturated rings. The number of hydrogen-bond acceptors (Lipinski definition) is 2. The molecule has 0 bridgehead atoms. The van der Waals surface area contributed by atoms with E-state index in [4.69, 9.17) is 0 Å². The van der Waals surface area contributed by atoms with Gasteiger partial charge in [0.15, 0.2) is 5.96 Å². The van der Waals surface area contributed by atoms with Crippen LogP contribution < -0.4 is 10.6 Å². The summed E-state index contributed by atoms with van der Waals surface area (Å²) < 4.78 is 0. The van der Waals surface area contributed by atoms with Crippen molar-refractivity contribution in [1.82, 2.24) is 15.5 Å². The molecule has 6 heteroatoms. The summed E-state index contributed by atoms with van der Waals surface area (Å²) in [5.74, 6) is 0.752. The molecule has 0 saturated carbocycles. The molecular formula is C19H25IN4O. The lowest BCUT2D eigenvalue weighted by Crippen LogP contribution is -2.36. The van der Waals surface area contributed by atoms with Crippen LogP contribution in [-0.4, -0.2) is 37.9 Å². The first-order valence-corrected chi connectivity index (χ1v) is 7.89. The maximum atomic E-state index is 11.9. The Hall–Kier alpha value is -2.09. The predicted octanol–water partition coefficient (Wildman–Crippen LogP) is 2.87. The minimum Gasteiger partial charge on any atom is -0.352 e.